The number of pyridine rings is 1. The van der Waals surface area contributed by atoms with Gasteiger partial charge in [0.05, 0.1) is 27.9 Å². The van der Waals surface area contributed by atoms with Crippen LogP contribution >= 0.6 is 12.4 Å². The number of hydrogen-bond donors (Lipinski definition) is 2. The number of carbonyl (C=O) groups excluding carboxylic acids is 1. The minimum atomic E-state index is -4.49. The van der Waals surface area contributed by atoms with Crippen LogP contribution in [0, 0.1) is 6.92 Å². The number of nitrogens with two attached hydrogens (primary N) is 1. The topological polar surface area (TPSA) is 94.0 Å². The second-order valence-electron chi connectivity index (χ2n) is 7.12. The molecule has 0 saturated carbocycles. The minimum absolute atomic E-state index is 0. The number of hydrogen-bond acceptors (Lipinski definition) is 5. The van der Waals surface area contributed by atoms with E-state index in [0.29, 0.717) is 11.1 Å². The molecule has 29 heavy (non-hydrogen) atoms. The zero-order chi connectivity index (χ0) is 20.7. The van der Waals surface area contributed by atoms with Crippen LogP contribution < -0.4 is 11.1 Å². The van der Waals surface area contributed by atoms with Crippen molar-refractivity contribution in [3.05, 3.63) is 47.2 Å². The first-order chi connectivity index (χ1) is 13.0. The third kappa shape index (κ3) is 4.68. The van der Waals surface area contributed by atoms with Gasteiger partial charge in [-0.1, -0.05) is 17.3 Å². The number of amides is 1. The Labute approximate surface area is 171 Å². The Morgan fingerprint density at radius 3 is 2.55 bits per heavy atom. The van der Waals surface area contributed by atoms with Crippen molar-refractivity contribution in [1.29, 1.82) is 0 Å². The second kappa shape index (κ2) is 8.00. The molecule has 0 bridgehead atoms. The number of aromatic nitrogens is 2. The first-order valence-electron chi connectivity index (χ1n) is 8.49. The molecule has 1 aromatic carbocycles. The molecule has 10 heteroatoms. The molecule has 0 saturated heterocycles. The normalized spacial score (nSPS) is 12.0. The van der Waals surface area contributed by atoms with Crippen LogP contribution in [0.4, 0.5) is 13.2 Å². The molecule has 2 aromatic heterocycles. The molecule has 0 aliphatic carbocycles. The summed E-state index contributed by atoms with van der Waals surface area (Å²) in [5, 5.41) is 7.03. The third-order valence-corrected chi connectivity index (χ3v) is 4.31. The van der Waals surface area contributed by atoms with Gasteiger partial charge in [0, 0.05) is 17.6 Å². The van der Waals surface area contributed by atoms with Crippen LogP contribution in [0.15, 0.2) is 34.9 Å². The van der Waals surface area contributed by atoms with Gasteiger partial charge in [0.1, 0.15) is 0 Å². The standard InChI is InChI=1S/C19H19F3N4O2.ClH/c1-10-15-13(16(27)25-18(2,3)9-23)8-14(24-17(15)28-26-10)11-5-4-6-12(7-11)19(20,21)22;/h4-8H,9,23H2,1-3H3,(H,25,27);1H. The van der Waals surface area contributed by atoms with Crippen LogP contribution in [0.2, 0.25) is 0 Å². The fraction of sp³-hybridized carbons (Fsp3) is 0.316. The van der Waals surface area contributed by atoms with Crippen molar-refractivity contribution >= 4 is 29.4 Å². The average molecular weight is 429 g/mol. The molecule has 2 heterocycles. The van der Waals surface area contributed by atoms with Crippen molar-refractivity contribution in [2.45, 2.75) is 32.5 Å². The lowest BCUT2D eigenvalue weighted by molar-refractivity contribution is -0.137. The molecular formula is C19H20ClF3N4O2. The highest BCUT2D eigenvalue weighted by atomic mass is 35.5. The van der Waals surface area contributed by atoms with Crippen LogP contribution in [-0.2, 0) is 6.18 Å². The van der Waals surface area contributed by atoms with Crippen LogP contribution in [-0.4, -0.2) is 28.1 Å². The number of rotatable bonds is 4. The van der Waals surface area contributed by atoms with Gasteiger partial charge in [-0.25, -0.2) is 4.98 Å². The van der Waals surface area contributed by atoms with E-state index < -0.39 is 23.2 Å². The molecule has 156 valence electrons. The van der Waals surface area contributed by atoms with Crippen molar-refractivity contribution in [3.8, 4) is 11.3 Å². The maximum atomic E-state index is 13.0. The number of benzene rings is 1. The van der Waals surface area contributed by atoms with E-state index in [9.17, 15) is 18.0 Å². The quantitative estimate of drug-likeness (QED) is 0.652. The summed E-state index contributed by atoms with van der Waals surface area (Å²) < 4.78 is 44.3. The van der Waals surface area contributed by atoms with Crippen LogP contribution in [0.1, 0.15) is 35.5 Å². The summed E-state index contributed by atoms with van der Waals surface area (Å²) in [6.45, 7) is 5.38. The molecule has 3 N–H and O–H groups in total. The highest BCUT2D eigenvalue weighted by Crippen LogP contribution is 2.33. The molecule has 0 spiro atoms. The number of fused-ring (bicyclic) bond motifs is 1. The van der Waals surface area contributed by atoms with Gasteiger partial charge in [0.25, 0.3) is 11.6 Å². The predicted molar refractivity (Wildman–Crippen MR) is 105 cm³/mol. The lowest BCUT2D eigenvalue weighted by Gasteiger charge is -2.24. The Balaban J connectivity index is 0.00000300. The summed E-state index contributed by atoms with van der Waals surface area (Å²) in [5.74, 6) is -0.442. The summed E-state index contributed by atoms with van der Waals surface area (Å²) in [6, 6.07) is 6.15. The largest absolute Gasteiger partial charge is 0.416 e. The number of carbonyl (C=O) groups is 1. The molecule has 3 rings (SSSR count). The zero-order valence-corrected chi connectivity index (χ0v) is 16.7. The molecule has 0 aliphatic heterocycles. The Hall–Kier alpha value is -2.65. The van der Waals surface area contributed by atoms with Gasteiger partial charge in [-0.15, -0.1) is 12.4 Å². The summed E-state index contributed by atoms with van der Waals surface area (Å²) in [7, 11) is 0. The monoisotopic (exact) mass is 428 g/mol. The highest BCUT2D eigenvalue weighted by molar-refractivity contribution is 6.07. The van der Waals surface area contributed by atoms with E-state index >= 15 is 0 Å². The van der Waals surface area contributed by atoms with Crippen molar-refractivity contribution in [1.82, 2.24) is 15.5 Å². The summed E-state index contributed by atoms with van der Waals surface area (Å²) >= 11 is 0. The average Bonchev–Trinajstić information content (AvgIpc) is 3.01. The maximum Gasteiger partial charge on any atom is 0.416 e. The molecule has 3 aromatic rings. The molecule has 1 amide bonds. The second-order valence-corrected chi connectivity index (χ2v) is 7.12. The van der Waals surface area contributed by atoms with Gasteiger partial charge in [-0.3, -0.25) is 4.79 Å². The van der Waals surface area contributed by atoms with Crippen LogP contribution in [0.3, 0.4) is 0 Å². The molecule has 0 atom stereocenters. The van der Waals surface area contributed by atoms with Crippen molar-refractivity contribution in [3.63, 3.8) is 0 Å². The van der Waals surface area contributed by atoms with E-state index in [-0.39, 0.29) is 41.5 Å². The van der Waals surface area contributed by atoms with Crippen molar-refractivity contribution in [2.75, 3.05) is 6.54 Å². The van der Waals surface area contributed by atoms with Crippen LogP contribution in [0.25, 0.3) is 22.4 Å². The van der Waals surface area contributed by atoms with Gasteiger partial charge in [0.15, 0.2) is 0 Å². The predicted octanol–water partition coefficient (Wildman–Crippen LogP) is 4.11. The SMILES string of the molecule is Cc1noc2nc(-c3cccc(C(F)(F)F)c3)cc(C(=O)NC(C)(C)CN)c12.Cl. The Morgan fingerprint density at radius 2 is 1.93 bits per heavy atom. The smallest absolute Gasteiger partial charge is 0.346 e. The number of aryl methyl sites for hydroxylation is 1. The number of nitrogens with zero attached hydrogens (tertiary/aromatic N) is 2. The first-order valence-corrected chi connectivity index (χ1v) is 8.49. The molecule has 0 aliphatic rings. The fourth-order valence-corrected chi connectivity index (χ4v) is 2.70. The number of alkyl halides is 3. The number of halogens is 4. The van der Waals surface area contributed by atoms with Gasteiger partial charge in [-0.05, 0) is 39.0 Å². The van der Waals surface area contributed by atoms with Crippen molar-refractivity contribution in [2.24, 2.45) is 5.73 Å². The molecular weight excluding hydrogens is 409 g/mol. The van der Waals surface area contributed by atoms with Gasteiger partial charge in [0.2, 0.25) is 0 Å². The van der Waals surface area contributed by atoms with E-state index in [1.54, 1.807) is 20.8 Å². The van der Waals surface area contributed by atoms with E-state index in [2.05, 4.69) is 15.5 Å². The summed E-state index contributed by atoms with van der Waals surface area (Å²) in [5.41, 5.74) is 5.30. The highest BCUT2D eigenvalue weighted by Gasteiger charge is 2.31. The van der Waals surface area contributed by atoms with Crippen molar-refractivity contribution < 1.29 is 22.5 Å². The molecule has 0 fully saturated rings. The lowest BCUT2D eigenvalue weighted by atomic mass is 10.0. The van der Waals surface area contributed by atoms with E-state index in [0.717, 1.165) is 12.1 Å². The molecule has 0 unspecified atom stereocenters. The van der Waals surface area contributed by atoms with E-state index in [1.165, 1.54) is 18.2 Å². The summed E-state index contributed by atoms with van der Waals surface area (Å²) in [6.07, 6.45) is -4.49. The van der Waals surface area contributed by atoms with Gasteiger partial charge >= 0.3 is 6.18 Å². The fourth-order valence-electron chi connectivity index (χ4n) is 2.70. The van der Waals surface area contributed by atoms with Gasteiger partial charge in [-0.2, -0.15) is 13.2 Å². The number of nitrogens with one attached hydrogen (secondary N) is 1. The van der Waals surface area contributed by atoms with E-state index in [1.807, 2.05) is 0 Å². The van der Waals surface area contributed by atoms with E-state index in [4.69, 9.17) is 10.3 Å². The third-order valence-electron chi connectivity index (χ3n) is 4.31. The maximum absolute atomic E-state index is 13.0. The first kappa shape index (κ1) is 22.6. The summed E-state index contributed by atoms with van der Waals surface area (Å²) in [4.78, 5) is 17.1. The van der Waals surface area contributed by atoms with Gasteiger partial charge < -0.3 is 15.6 Å². The molecule has 6 nitrogen and oxygen atoms in total. The Kier molecular flexibility index (Phi) is 6.24. The zero-order valence-electron chi connectivity index (χ0n) is 15.9. The molecule has 0 radical (unpaired) electrons. The minimum Gasteiger partial charge on any atom is -0.346 e. The Morgan fingerprint density at radius 1 is 1.24 bits per heavy atom. The lowest BCUT2D eigenvalue weighted by Crippen LogP contribution is -2.48. The van der Waals surface area contributed by atoms with Crippen LogP contribution in [0.5, 0.6) is 0 Å². The Bertz CT molecular complexity index is 1050.